The molecule has 104 valence electrons. The maximum absolute atomic E-state index is 13.5. The minimum Gasteiger partial charge on any atom is -0.349 e. The monoisotopic (exact) mass is 268 g/mol. The van der Waals surface area contributed by atoms with Gasteiger partial charge in [0.2, 0.25) is 0 Å². The van der Waals surface area contributed by atoms with Crippen LogP contribution in [0, 0.1) is 15.9 Å². The Morgan fingerprint density at radius 3 is 2.68 bits per heavy atom. The number of hydrogen-bond donors (Lipinski definition) is 1. The number of nitrogens with zero attached hydrogens (tertiary/aromatic N) is 1. The lowest BCUT2D eigenvalue weighted by Gasteiger charge is -2.16. The van der Waals surface area contributed by atoms with Crippen LogP contribution in [0.15, 0.2) is 18.2 Å². The SMILES string of the molecule is CCCC(CC)NC(=O)c1cc([N+](=O)[O-])ccc1F. The largest absolute Gasteiger partial charge is 0.349 e. The van der Waals surface area contributed by atoms with E-state index in [1.165, 1.54) is 0 Å². The molecule has 0 aliphatic rings. The molecule has 1 aromatic rings. The minimum absolute atomic E-state index is 0.0452. The van der Waals surface area contributed by atoms with E-state index in [4.69, 9.17) is 0 Å². The fourth-order valence-electron chi connectivity index (χ4n) is 1.79. The average molecular weight is 268 g/mol. The van der Waals surface area contributed by atoms with Crippen molar-refractivity contribution >= 4 is 11.6 Å². The van der Waals surface area contributed by atoms with Crippen molar-refractivity contribution < 1.29 is 14.1 Å². The summed E-state index contributed by atoms with van der Waals surface area (Å²) in [4.78, 5) is 21.9. The topological polar surface area (TPSA) is 72.2 Å². The van der Waals surface area contributed by atoms with Crippen molar-refractivity contribution in [2.75, 3.05) is 0 Å². The molecule has 0 spiro atoms. The lowest BCUT2D eigenvalue weighted by molar-refractivity contribution is -0.384. The number of hydrogen-bond acceptors (Lipinski definition) is 3. The molecule has 1 rings (SSSR count). The van der Waals surface area contributed by atoms with Gasteiger partial charge in [0.15, 0.2) is 0 Å². The Morgan fingerprint density at radius 2 is 2.16 bits per heavy atom. The van der Waals surface area contributed by atoms with Gasteiger partial charge >= 0.3 is 0 Å². The number of carbonyl (C=O) groups excluding carboxylic acids is 1. The number of amides is 1. The van der Waals surface area contributed by atoms with Crippen LogP contribution in [0.2, 0.25) is 0 Å². The van der Waals surface area contributed by atoms with Crippen LogP contribution in [0.3, 0.4) is 0 Å². The number of nitro groups is 1. The first-order valence-electron chi connectivity index (χ1n) is 6.24. The van der Waals surface area contributed by atoms with Gasteiger partial charge in [0, 0.05) is 18.2 Å². The van der Waals surface area contributed by atoms with Gasteiger partial charge in [-0.15, -0.1) is 0 Å². The predicted octanol–water partition coefficient (Wildman–Crippen LogP) is 3.04. The van der Waals surface area contributed by atoms with Gasteiger partial charge in [0.05, 0.1) is 10.5 Å². The average Bonchev–Trinajstić information content (AvgIpc) is 2.38. The Kier molecular flexibility index (Phi) is 5.41. The smallest absolute Gasteiger partial charge is 0.270 e. The van der Waals surface area contributed by atoms with Crippen molar-refractivity contribution in [3.8, 4) is 0 Å². The molecule has 1 amide bonds. The van der Waals surface area contributed by atoms with Crippen LogP contribution in [0.5, 0.6) is 0 Å². The molecule has 0 aromatic heterocycles. The molecule has 0 aliphatic heterocycles. The third kappa shape index (κ3) is 4.01. The van der Waals surface area contributed by atoms with Gasteiger partial charge in [-0.3, -0.25) is 14.9 Å². The Labute approximate surface area is 111 Å². The molecule has 5 nitrogen and oxygen atoms in total. The Bertz CT molecular complexity index is 477. The summed E-state index contributed by atoms with van der Waals surface area (Å²) in [5.74, 6) is -1.36. The van der Waals surface area contributed by atoms with Gasteiger partial charge in [-0.25, -0.2) is 4.39 Å². The number of nitro benzene ring substituents is 1. The van der Waals surface area contributed by atoms with E-state index in [9.17, 15) is 19.3 Å². The highest BCUT2D eigenvalue weighted by Crippen LogP contribution is 2.17. The third-order valence-electron chi connectivity index (χ3n) is 2.87. The molecule has 0 fully saturated rings. The van der Waals surface area contributed by atoms with Crippen LogP contribution in [0.4, 0.5) is 10.1 Å². The highest BCUT2D eigenvalue weighted by molar-refractivity contribution is 5.95. The molecule has 1 atom stereocenters. The van der Waals surface area contributed by atoms with Gasteiger partial charge in [0.1, 0.15) is 5.82 Å². The van der Waals surface area contributed by atoms with E-state index in [1.54, 1.807) is 0 Å². The van der Waals surface area contributed by atoms with Crippen molar-refractivity contribution in [1.29, 1.82) is 0 Å². The summed E-state index contributed by atoms with van der Waals surface area (Å²) < 4.78 is 13.5. The first-order chi connectivity index (χ1) is 8.99. The quantitative estimate of drug-likeness (QED) is 0.636. The molecule has 0 aliphatic carbocycles. The van der Waals surface area contributed by atoms with Crippen molar-refractivity contribution in [1.82, 2.24) is 5.32 Å². The number of non-ortho nitro benzene ring substituents is 1. The fourth-order valence-corrected chi connectivity index (χ4v) is 1.79. The lowest BCUT2D eigenvalue weighted by Crippen LogP contribution is -2.34. The second kappa shape index (κ2) is 6.82. The molecule has 0 radical (unpaired) electrons. The Morgan fingerprint density at radius 1 is 1.47 bits per heavy atom. The van der Waals surface area contributed by atoms with Crippen LogP contribution >= 0.6 is 0 Å². The van der Waals surface area contributed by atoms with Crippen LogP contribution in [-0.4, -0.2) is 16.9 Å². The van der Waals surface area contributed by atoms with Crippen molar-refractivity contribution in [3.05, 3.63) is 39.7 Å². The molecule has 0 bridgehead atoms. The van der Waals surface area contributed by atoms with E-state index in [-0.39, 0.29) is 17.3 Å². The van der Waals surface area contributed by atoms with E-state index in [0.717, 1.165) is 37.5 Å². The maximum atomic E-state index is 13.5. The van der Waals surface area contributed by atoms with Crippen LogP contribution in [0.1, 0.15) is 43.5 Å². The normalized spacial score (nSPS) is 11.9. The van der Waals surface area contributed by atoms with Gasteiger partial charge in [-0.05, 0) is 18.9 Å². The molecule has 1 aromatic carbocycles. The molecule has 1 unspecified atom stereocenters. The Balaban J connectivity index is 2.92. The van der Waals surface area contributed by atoms with Crippen LogP contribution in [0.25, 0.3) is 0 Å². The van der Waals surface area contributed by atoms with E-state index in [2.05, 4.69) is 5.32 Å². The summed E-state index contributed by atoms with van der Waals surface area (Å²) in [6.07, 6.45) is 2.42. The zero-order valence-corrected chi connectivity index (χ0v) is 11.0. The predicted molar refractivity (Wildman–Crippen MR) is 69.5 cm³/mol. The summed E-state index contributed by atoms with van der Waals surface area (Å²) in [6.45, 7) is 3.91. The molecule has 19 heavy (non-hydrogen) atoms. The fraction of sp³-hybridized carbons (Fsp3) is 0.462. The molecule has 0 saturated heterocycles. The van der Waals surface area contributed by atoms with Gasteiger partial charge in [0.25, 0.3) is 11.6 Å². The van der Waals surface area contributed by atoms with Gasteiger partial charge in [-0.1, -0.05) is 20.3 Å². The molecule has 0 saturated carbocycles. The van der Waals surface area contributed by atoms with Crippen LogP contribution in [-0.2, 0) is 0 Å². The summed E-state index contributed by atoms with van der Waals surface area (Å²) in [7, 11) is 0. The molecular formula is C13H17FN2O3. The summed E-state index contributed by atoms with van der Waals surface area (Å²) >= 11 is 0. The van der Waals surface area contributed by atoms with Crippen molar-refractivity contribution in [3.63, 3.8) is 0 Å². The zero-order chi connectivity index (χ0) is 14.4. The summed E-state index contributed by atoms with van der Waals surface area (Å²) in [5, 5.41) is 13.3. The maximum Gasteiger partial charge on any atom is 0.270 e. The lowest BCUT2D eigenvalue weighted by atomic mass is 10.1. The number of carbonyl (C=O) groups is 1. The molecule has 6 heteroatoms. The van der Waals surface area contributed by atoms with Crippen molar-refractivity contribution in [2.45, 2.75) is 39.2 Å². The first-order valence-corrected chi connectivity index (χ1v) is 6.24. The third-order valence-corrected chi connectivity index (χ3v) is 2.87. The number of halogens is 1. The highest BCUT2D eigenvalue weighted by Gasteiger charge is 2.18. The number of nitrogens with one attached hydrogen (secondary N) is 1. The first kappa shape index (κ1) is 15.1. The van der Waals surface area contributed by atoms with E-state index in [1.807, 2.05) is 13.8 Å². The van der Waals surface area contributed by atoms with E-state index in [0.29, 0.717) is 0 Å². The standard InChI is InChI=1S/C13H17FN2O3/c1-3-5-9(4-2)15-13(17)11-8-10(16(18)19)6-7-12(11)14/h6-9H,3-5H2,1-2H3,(H,15,17). The van der Waals surface area contributed by atoms with E-state index < -0.39 is 16.6 Å². The Hall–Kier alpha value is -1.98. The highest BCUT2D eigenvalue weighted by atomic mass is 19.1. The van der Waals surface area contributed by atoms with E-state index >= 15 is 0 Å². The second-order valence-corrected chi connectivity index (χ2v) is 4.29. The van der Waals surface area contributed by atoms with Crippen LogP contribution < -0.4 is 5.32 Å². The zero-order valence-electron chi connectivity index (χ0n) is 11.0. The number of rotatable bonds is 6. The second-order valence-electron chi connectivity index (χ2n) is 4.29. The summed E-state index contributed by atoms with van der Waals surface area (Å²) in [5.41, 5.74) is -0.584. The van der Waals surface area contributed by atoms with Gasteiger partial charge < -0.3 is 5.32 Å². The molecule has 1 N–H and O–H groups in total. The van der Waals surface area contributed by atoms with Gasteiger partial charge in [-0.2, -0.15) is 0 Å². The molecular weight excluding hydrogens is 251 g/mol. The number of benzene rings is 1. The minimum atomic E-state index is -0.755. The van der Waals surface area contributed by atoms with Crippen molar-refractivity contribution in [2.24, 2.45) is 0 Å². The summed E-state index contributed by atoms with van der Waals surface area (Å²) in [6, 6.07) is 2.89. The molecule has 0 heterocycles.